The van der Waals surface area contributed by atoms with Gasteiger partial charge in [-0.05, 0) is 84.8 Å². The Balaban J connectivity index is 1.42. The number of aliphatic hydroxyl groups excluding tert-OH is 4. The minimum absolute atomic E-state index is 0.0205. The lowest BCUT2D eigenvalue weighted by Crippen LogP contribution is -2.63. The number of nitrogens with one attached hydrogen (secondary N) is 1. The third-order valence-electron chi connectivity index (χ3n) is 13.4. The number of aromatic nitrogens is 1. The van der Waals surface area contributed by atoms with E-state index >= 15 is 0 Å². The van der Waals surface area contributed by atoms with Crippen LogP contribution in [0.3, 0.4) is 0 Å². The lowest BCUT2D eigenvalue weighted by molar-refractivity contribution is -0.304. The van der Waals surface area contributed by atoms with E-state index in [2.05, 4.69) is 22.1 Å². The van der Waals surface area contributed by atoms with Crippen LogP contribution in [0.2, 0.25) is 0 Å². The molecule has 3 aliphatic heterocycles. The smallest absolute Gasteiger partial charge is 0.308 e. The second kappa shape index (κ2) is 25.8. The molecule has 2 fully saturated rings. The van der Waals surface area contributed by atoms with Crippen molar-refractivity contribution >= 4 is 22.7 Å². The molecule has 1 unspecified atom stereocenters. The molecular weight excluding hydrogens is 863 g/mol. The van der Waals surface area contributed by atoms with Gasteiger partial charge < -0.3 is 63.8 Å². The molecule has 372 valence electrons. The van der Waals surface area contributed by atoms with E-state index in [1.807, 2.05) is 57.2 Å². The molecule has 0 radical (unpaired) electrons. The van der Waals surface area contributed by atoms with Crippen molar-refractivity contribution in [2.24, 2.45) is 23.7 Å². The Kier molecular flexibility index (Phi) is 20.9. The molecule has 0 aliphatic carbocycles. The normalized spacial score (nSPS) is 37.3. The van der Waals surface area contributed by atoms with Gasteiger partial charge in [0.25, 0.3) is 0 Å². The summed E-state index contributed by atoms with van der Waals surface area (Å²) in [7, 11) is 6.47. The molecule has 5 N–H and O–H groups in total. The predicted octanol–water partition coefficient (Wildman–Crippen LogP) is 3.55. The summed E-state index contributed by atoms with van der Waals surface area (Å²) in [6.07, 6.45) is -3.23. The Bertz CT molecular complexity index is 2020. The first-order chi connectivity index (χ1) is 32.0. The molecule has 4 heterocycles. The first-order valence-electron chi connectivity index (χ1n) is 23.6. The zero-order valence-corrected chi connectivity index (χ0v) is 40.8. The van der Waals surface area contributed by atoms with Crippen LogP contribution in [-0.2, 0) is 42.7 Å². The van der Waals surface area contributed by atoms with Gasteiger partial charge in [-0.25, -0.2) is 0 Å². The summed E-state index contributed by atoms with van der Waals surface area (Å²) in [5.41, 5.74) is 2.41. The molecule has 3 aliphatic rings. The van der Waals surface area contributed by atoms with Gasteiger partial charge in [0.1, 0.15) is 30.5 Å². The number of aliphatic hydroxyl groups is 4. The van der Waals surface area contributed by atoms with Gasteiger partial charge in [0.15, 0.2) is 18.4 Å². The van der Waals surface area contributed by atoms with Crippen molar-refractivity contribution < 1.29 is 63.2 Å². The van der Waals surface area contributed by atoms with Gasteiger partial charge in [0.05, 0.1) is 61.7 Å². The minimum Gasteiger partial charge on any atom is -0.462 e. The van der Waals surface area contributed by atoms with Crippen LogP contribution in [-0.4, -0.2) is 170 Å². The summed E-state index contributed by atoms with van der Waals surface area (Å²) in [6.45, 7) is 11.6. The number of para-hydroxylation sites is 1. The number of methoxy groups -OCH3 is 2. The van der Waals surface area contributed by atoms with E-state index in [9.17, 15) is 30.0 Å². The number of esters is 1. The molecule has 0 spiro atoms. The number of likely N-dealkylation sites (N-methyl/N-ethyl adjacent to an activating group) is 1. The summed E-state index contributed by atoms with van der Waals surface area (Å²) in [5, 5.41) is 49.7. The SMILES string of the molecule is CC[C@H]1OC(=O)C[C@@H](O)[C@H](C)[C@@H](OC2O[C@H](C)[C@@H](O)[C@H](N(C)C)[C@H]2O)[C@@H](CCNCC#Cc2cnc3ccccc3c2)C[C@@H](C)C(=O)/C=C/C(C)=C/[C@@H]1CO[C@@H]1O[C@H](C)[C@@H](O)[C@@H](OC)[C@H]1OC. The molecule has 17 atom stereocenters. The third kappa shape index (κ3) is 14.4. The van der Waals surface area contributed by atoms with Crippen LogP contribution in [0, 0.1) is 35.5 Å². The fourth-order valence-corrected chi connectivity index (χ4v) is 9.41. The Morgan fingerprint density at radius 2 is 1.61 bits per heavy atom. The van der Waals surface area contributed by atoms with Crippen LogP contribution < -0.4 is 5.32 Å². The maximum atomic E-state index is 14.0. The second-order valence-corrected chi connectivity index (χ2v) is 18.6. The monoisotopic (exact) mass is 938 g/mol. The summed E-state index contributed by atoms with van der Waals surface area (Å²) >= 11 is 0. The summed E-state index contributed by atoms with van der Waals surface area (Å²) in [4.78, 5) is 34.1. The van der Waals surface area contributed by atoms with Crippen molar-refractivity contribution in [2.75, 3.05) is 48.0 Å². The quantitative estimate of drug-likeness (QED) is 0.111. The van der Waals surface area contributed by atoms with E-state index < -0.39 is 109 Å². The van der Waals surface area contributed by atoms with Gasteiger partial charge in [0, 0.05) is 49.1 Å². The molecule has 16 nitrogen and oxygen atoms in total. The van der Waals surface area contributed by atoms with E-state index in [0.717, 1.165) is 22.0 Å². The van der Waals surface area contributed by atoms with E-state index in [0.29, 0.717) is 32.4 Å². The first kappa shape index (κ1) is 54.3. The minimum atomic E-state index is -1.28. The highest BCUT2D eigenvalue weighted by Crippen LogP contribution is 2.35. The fourth-order valence-electron chi connectivity index (χ4n) is 9.41. The molecule has 16 heteroatoms. The Labute approximate surface area is 396 Å². The maximum absolute atomic E-state index is 14.0. The van der Waals surface area contributed by atoms with Crippen molar-refractivity contribution in [3.63, 3.8) is 0 Å². The van der Waals surface area contributed by atoms with Gasteiger partial charge in [-0.3, -0.25) is 14.6 Å². The highest BCUT2D eigenvalue weighted by atomic mass is 16.7. The van der Waals surface area contributed by atoms with E-state index in [1.165, 1.54) is 14.2 Å². The number of nitrogens with zero attached hydrogens (tertiary/aromatic N) is 2. The molecule has 5 rings (SSSR count). The van der Waals surface area contributed by atoms with Crippen LogP contribution in [0.1, 0.15) is 72.8 Å². The molecule has 0 amide bonds. The van der Waals surface area contributed by atoms with Crippen molar-refractivity contribution in [3.8, 4) is 11.8 Å². The molecule has 67 heavy (non-hydrogen) atoms. The zero-order valence-electron chi connectivity index (χ0n) is 40.8. The van der Waals surface area contributed by atoms with Crippen LogP contribution in [0.4, 0.5) is 0 Å². The zero-order chi connectivity index (χ0) is 48.9. The van der Waals surface area contributed by atoms with Gasteiger partial charge >= 0.3 is 5.97 Å². The number of carbonyl (C=O) groups excluding carboxylic acids is 2. The van der Waals surface area contributed by atoms with Crippen molar-refractivity contribution in [2.45, 2.75) is 147 Å². The number of fused-ring (bicyclic) bond motifs is 1. The van der Waals surface area contributed by atoms with E-state index in [-0.39, 0.29) is 18.8 Å². The number of pyridine rings is 1. The highest BCUT2D eigenvalue weighted by molar-refractivity contribution is 5.91. The highest BCUT2D eigenvalue weighted by Gasteiger charge is 2.48. The number of carbonyl (C=O) groups is 2. The van der Waals surface area contributed by atoms with Gasteiger partial charge in [0.2, 0.25) is 0 Å². The number of hydrogen-bond donors (Lipinski definition) is 5. The number of cyclic esters (lactones) is 1. The first-order valence-corrected chi connectivity index (χ1v) is 23.6. The summed E-state index contributed by atoms with van der Waals surface area (Å²) in [6, 6.07) is 9.12. The van der Waals surface area contributed by atoms with Crippen molar-refractivity contribution in [3.05, 3.63) is 65.9 Å². The van der Waals surface area contributed by atoms with Crippen molar-refractivity contribution in [1.29, 1.82) is 0 Å². The average molecular weight is 938 g/mol. The lowest BCUT2D eigenvalue weighted by atomic mass is 9.79. The van der Waals surface area contributed by atoms with E-state index in [4.69, 9.17) is 33.2 Å². The molecule has 2 saturated heterocycles. The molecule has 0 bridgehead atoms. The van der Waals surface area contributed by atoms with Crippen LogP contribution >= 0.6 is 0 Å². The predicted molar refractivity (Wildman–Crippen MR) is 251 cm³/mol. The van der Waals surface area contributed by atoms with Crippen LogP contribution in [0.15, 0.2) is 60.3 Å². The van der Waals surface area contributed by atoms with Crippen LogP contribution in [0.25, 0.3) is 10.9 Å². The van der Waals surface area contributed by atoms with Crippen molar-refractivity contribution in [1.82, 2.24) is 15.2 Å². The Hall–Kier alpha value is -3.67. The molecule has 1 aromatic heterocycles. The van der Waals surface area contributed by atoms with Gasteiger partial charge in [-0.15, -0.1) is 0 Å². The lowest BCUT2D eigenvalue weighted by Gasteiger charge is -2.46. The van der Waals surface area contributed by atoms with E-state index in [1.54, 1.807) is 58.1 Å². The number of hydrogen-bond acceptors (Lipinski definition) is 16. The fraction of sp³-hybridized carbons (Fsp3) is 0.667. The molecular formula is C51H75N3O13. The molecule has 1 aromatic carbocycles. The molecule has 2 aromatic rings. The standard InChI is InChI=1S/C51H75N3O13/c1-11-41-37(28-63-51-49(62-10)48(61-9)45(59)33(6)65-51)23-29(2)18-19-39(55)30(3)24-36(20-22-52-21-14-15-34-25-35-16-12-13-17-38(35)53-27-34)47(31(4)40(56)26-42(57)66-41)67-50-46(60)43(54(7)8)44(58)32(5)64-50/h12-13,16-19,23,25,27,30-33,36-37,40-41,43-52,56,58-60H,11,20-22,24,26,28H2,1-10H3/b19-18+,29-23+/t30-,31+,32-,33-,36+,37-,40-,41-,43+,44-,45-,46-,47-,48-,49-,50?,51-/m1/s1. The largest absolute Gasteiger partial charge is 0.462 e. The number of allylic oxidation sites excluding steroid dienone is 3. The third-order valence-corrected chi connectivity index (χ3v) is 13.4. The average Bonchev–Trinajstić information content (AvgIpc) is 3.30. The maximum Gasteiger partial charge on any atom is 0.308 e. The number of ketones is 1. The van der Waals surface area contributed by atoms with Gasteiger partial charge in [-0.2, -0.15) is 0 Å². The summed E-state index contributed by atoms with van der Waals surface area (Å²) < 4.78 is 42.5. The topological polar surface area (TPSA) is 208 Å². The number of ether oxygens (including phenoxy) is 7. The number of benzene rings is 1. The second-order valence-electron chi connectivity index (χ2n) is 18.6. The Morgan fingerprint density at radius 3 is 2.31 bits per heavy atom. The Morgan fingerprint density at radius 1 is 0.910 bits per heavy atom. The summed E-state index contributed by atoms with van der Waals surface area (Å²) in [5.74, 6) is 3.43. The number of rotatable bonds is 13. The van der Waals surface area contributed by atoms with Crippen LogP contribution in [0.5, 0.6) is 0 Å². The van der Waals surface area contributed by atoms with Gasteiger partial charge in [-0.1, -0.05) is 68.5 Å². The molecule has 0 saturated carbocycles.